The summed E-state index contributed by atoms with van der Waals surface area (Å²) >= 11 is 0. The Morgan fingerprint density at radius 2 is 1.86 bits per heavy atom. The smallest absolute Gasteiger partial charge is 0.333 e. The molecule has 0 aliphatic carbocycles. The molecule has 2 atom stereocenters. The van der Waals surface area contributed by atoms with Crippen molar-refractivity contribution in [3.63, 3.8) is 0 Å². The molecule has 0 amide bonds. The van der Waals surface area contributed by atoms with Gasteiger partial charge in [0, 0.05) is 0 Å². The summed E-state index contributed by atoms with van der Waals surface area (Å²) in [6, 6.07) is 7.79. The molecule has 0 saturated carbocycles. The number of rotatable bonds is 6. The summed E-state index contributed by atoms with van der Waals surface area (Å²) in [5.41, 5.74) is 2.02. The molecule has 22 heavy (non-hydrogen) atoms. The third kappa shape index (κ3) is 3.85. The zero-order chi connectivity index (χ0) is 16.4. The van der Waals surface area contributed by atoms with Crippen molar-refractivity contribution >= 4 is 10.3 Å². The number of ether oxygens (including phenoxy) is 2. The van der Waals surface area contributed by atoms with Gasteiger partial charge in [-0.2, -0.15) is 8.42 Å². The summed E-state index contributed by atoms with van der Waals surface area (Å²) in [4.78, 5) is 0. The van der Waals surface area contributed by atoms with Crippen LogP contribution in [0.2, 0.25) is 0 Å². The molecule has 0 spiro atoms. The Bertz CT molecular complexity index is 612. The van der Waals surface area contributed by atoms with Crippen LogP contribution in [0.25, 0.3) is 0 Å². The minimum atomic E-state index is -4.01. The Balaban J connectivity index is 2.29. The molecule has 1 aliphatic heterocycles. The highest BCUT2D eigenvalue weighted by atomic mass is 32.2. The van der Waals surface area contributed by atoms with Crippen molar-refractivity contribution in [2.75, 3.05) is 6.61 Å². The van der Waals surface area contributed by atoms with E-state index < -0.39 is 22.2 Å². The van der Waals surface area contributed by atoms with Crippen LogP contribution in [0.4, 0.5) is 0 Å². The Kier molecular flexibility index (Phi) is 5.24. The topological polar surface area (TPSA) is 87.9 Å². The van der Waals surface area contributed by atoms with Gasteiger partial charge < -0.3 is 9.47 Å². The van der Waals surface area contributed by atoms with Crippen molar-refractivity contribution in [2.45, 2.75) is 51.6 Å². The van der Waals surface area contributed by atoms with Gasteiger partial charge in [-0.15, -0.1) is 0 Å². The van der Waals surface area contributed by atoms with Crippen LogP contribution in [0.1, 0.15) is 43.9 Å². The van der Waals surface area contributed by atoms with E-state index in [1.807, 2.05) is 45.0 Å². The van der Waals surface area contributed by atoms with Crippen LogP contribution in [0.3, 0.4) is 0 Å². The molecule has 1 aliphatic rings. The zero-order valence-corrected chi connectivity index (χ0v) is 13.9. The molecule has 1 aromatic rings. The van der Waals surface area contributed by atoms with E-state index in [1.165, 1.54) is 0 Å². The lowest BCUT2D eigenvalue weighted by Gasteiger charge is -2.25. The van der Waals surface area contributed by atoms with Gasteiger partial charge >= 0.3 is 10.3 Å². The molecule has 0 radical (unpaired) electrons. The first-order valence-corrected chi connectivity index (χ1v) is 8.85. The van der Waals surface area contributed by atoms with Gasteiger partial charge in [0.15, 0.2) is 5.79 Å². The van der Waals surface area contributed by atoms with Gasteiger partial charge in [0.1, 0.15) is 12.2 Å². The summed E-state index contributed by atoms with van der Waals surface area (Å²) in [5, 5.41) is 4.91. The SMILES string of the molecule is CCC1(CC)OC(COS(N)(=O)=O)C(c2ccccc2C)O1. The predicted octanol–water partition coefficient (Wildman–Crippen LogP) is 2.19. The van der Waals surface area contributed by atoms with Gasteiger partial charge in [0.2, 0.25) is 0 Å². The normalized spacial score (nSPS) is 24.5. The Morgan fingerprint density at radius 1 is 1.23 bits per heavy atom. The lowest BCUT2D eigenvalue weighted by molar-refractivity contribution is -0.181. The van der Waals surface area contributed by atoms with Crippen molar-refractivity contribution in [1.29, 1.82) is 0 Å². The average molecular weight is 329 g/mol. The van der Waals surface area contributed by atoms with Crippen molar-refractivity contribution < 1.29 is 22.1 Å². The van der Waals surface area contributed by atoms with E-state index in [4.69, 9.17) is 18.8 Å². The molecule has 124 valence electrons. The monoisotopic (exact) mass is 329 g/mol. The van der Waals surface area contributed by atoms with Crippen LogP contribution in [0.15, 0.2) is 24.3 Å². The molecule has 7 heteroatoms. The van der Waals surface area contributed by atoms with Crippen LogP contribution in [-0.4, -0.2) is 26.9 Å². The van der Waals surface area contributed by atoms with Gasteiger partial charge in [-0.25, -0.2) is 5.14 Å². The number of hydrogen-bond donors (Lipinski definition) is 1. The summed E-state index contributed by atoms with van der Waals surface area (Å²) in [5.74, 6) is -0.723. The Morgan fingerprint density at radius 3 is 2.41 bits per heavy atom. The number of benzene rings is 1. The molecular formula is C15H23NO5S. The largest absolute Gasteiger partial charge is 0.341 e. The molecule has 2 unspecified atom stereocenters. The maximum absolute atomic E-state index is 11.1. The van der Waals surface area contributed by atoms with E-state index >= 15 is 0 Å². The van der Waals surface area contributed by atoms with Crippen LogP contribution < -0.4 is 5.14 Å². The van der Waals surface area contributed by atoms with Crippen molar-refractivity contribution in [2.24, 2.45) is 5.14 Å². The van der Waals surface area contributed by atoms with Gasteiger partial charge in [0.25, 0.3) is 0 Å². The summed E-state index contributed by atoms with van der Waals surface area (Å²) in [6.45, 7) is 5.76. The van der Waals surface area contributed by atoms with Crippen molar-refractivity contribution in [1.82, 2.24) is 0 Å². The van der Waals surface area contributed by atoms with Crippen LogP contribution in [-0.2, 0) is 24.0 Å². The quantitative estimate of drug-likeness (QED) is 0.864. The second-order valence-electron chi connectivity index (χ2n) is 5.45. The lowest BCUT2D eigenvalue weighted by atomic mass is 10.00. The standard InChI is InChI=1S/C15H23NO5S/c1-4-15(5-2)20-13(10-19-22(16,17)18)14(21-15)12-9-7-6-8-11(12)3/h6-9,13-14H,4-5,10H2,1-3H3,(H2,16,17,18). The molecule has 0 bridgehead atoms. The fourth-order valence-electron chi connectivity index (χ4n) is 2.71. The molecule has 6 nitrogen and oxygen atoms in total. The van der Waals surface area contributed by atoms with Crippen molar-refractivity contribution in [3.05, 3.63) is 35.4 Å². The van der Waals surface area contributed by atoms with E-state index in [0.717, 1.165) is 11.1 Å². The second-order valence-corrected chi connectivity index (χ2v) is 6.67. The average Bonchev–Trinajstić information content (AvgIpc) is 2.85. The van der Waals surface area contributed by atoms with Gasteiger partial charge in [-0.05, 0) is 30.9 Å². The van der Waals surface area contributed by atoms with E-state index in [-0.39, 0.29) is 12.7 Å². The highest BCUT2D eigenvalue weighted by molar-refractivity contribution is 7.84. The molecule has 2 rings (SSSR count). The molecule has 0 aromatic heterocycles. The van der Waals surface area contributed by atoms with E-state index in [9.17, 15) is 8.42 Å². The zero-order valence-electron chi connectivity index (χ0n) is 13.1. The van der Waals surface area contributed by atoms with Crippen molar-refractivity contribution in [3.8, 4) is 0 Å². The van der Waals surface area contributed by atoms with Crippen LogP contribution in [0, 0.1) is 6.92 Å². The van der Waals surface area contributed by atoms with Crippen LogP contribution in [0.5, 0.6) is 0 Å². The minimum absolute atomic E-state index is 0.167. The fraction of sp³-hybridized carbons (Fsp3) is 0.600. The van der Waals surface area contributed by atoms with E-state index in [1.54, 1.807) is 0 Å². The molecular weight excluding hydrogens is 306 g/mol. The molecule has 1 saturated heterocycles. The summed E-state index contributed by atoms with van der Waals surface area (Å²) < 4.78 is 39.0. The lowest BCUT2D eigenvalue weighted by Crippen LogP contribution is -2.31. The first-order valence-electron chi connectivity index (χ1n) is 7.38. The van der Waals surface area contributed by atoms with Gasteiger partial charge in [0.05, 0.1) is 6.61 Å². The third-order valence-corrected chi connectivity index (χ3v) is 4.48. The van der Waals surface area contributed by atoms with Gasteiger partial charge in [-0.1, -0.05) is 38.1 Å². The van der Waals surface area contributed by atoms with Gasteiger partial charge in [-0.3, -0.25) is 4.18 Å². The van der Waals surface area contributed by atoms with Crippen LogP contribution >= 0.6 is 0 Å². The summed E-state index contributed by atoms with van der Waals surface area (Å²) in [6.07, 6.45) is 0.414. The Labute approximate surface area is 131 Å². The first kappa shape index (κ1) is 17.4. The molecule has 1 aromatic carbocycles. The van der Waals surface area contributed by atoms with E-state index in [0.29, 0.717) is 12.8 Å². The first-order chi connectivity index (χ1) is 10.3. The number of aryl methyl sites for hydroxylation is 1. The number of nitrogens with two attached hydrogens (primary N) is 1. The van der Waals surface area contributed by atoms with E-state index in [2.05, 4.69) is 0 Å². The molecule has 1 heterocycles. The fourth-order valence-corrected chi connectivity index (χ4v) is 3.03. The molecule has 1 fully saturated rings. The Hall–Kier alpha value is -0.990. The second kappa shape index (κ2) is 6.64. The maximum Gasteiger partial charge on any atom is 0.333 e. The minimum Gasteiger partial charge on any atom is -0.341 e. The number of hydrogen-bond acceptors (Lipinski definition) is 5. The highest BCUT2D eigenvalue weighted by Crippen LogP contribution is 2.43. The predicted molar refractivity (Wildman–Crippen MR) is 82.3 cm³/mol. The summed E-state index contributed by atoms with van der Waals surface area (Å²) in [7, 11) is -4.01. The maximum atomic E-state index is 11.1. The highest BCUT2D eigenvalue weighted by Gasteiger charge is 2.46. The molecule has 2 N–H and O–H groups in total. The third-order valence-electron chi connectivity index (χ3n) is 4.01.